The molecule has 6 nitrogen and oxygen atoms in total. The smallest absolute Gasteiger partial charge is 0.331 e. The number of esters is 1. The fourth-order valence-electron chi connectivity index (χ4n) is 2.29. The summed E-state index contributed by atoms with van der Waals surface area (Å²) in [6.07, 6.45) is 2.77. The van der Waals surface area contributed by atoms with Crippen LogP contribution in [0.2, 0.25) is 10.2 Å². The number of carbonyl (C=O) groups excluding carboxylic acids is 2. The first-order chi connectivity index (χ1) is 12.8. The van der Waals surface area contributed by atoms with E-state index in [-0.39, 0.29) is 0 Å². The van der Waals surface area contributed by atoms with Crippen molar-refractivity contribution in [3.63, 3.8) is 0 Å². The van der Waals surface area contributed by atoms with Gasteiger partial charge in [0.15, 0.2) is 6.61 Å². The van der Waals surface area contributed by atoms with E-state index in [4.69, 9.17) is 27.9 Å². The standard InChI is InChI=1S/C19H21Cl2N3O3/c1-12(2)10-24-19(21)16(13(3)23-24)8-9-18(26)27-11-17(25)22-15-6-4-14(20)5-7-15/h4-9,12H,10-11H2,1-3H3,(H,22,25)/b9-8+. The number of amides is 1. The van der Waals surface area contributed by atoms with E-state index in [9.17, 15) is 9.59 Å². The molecule has 0 bridgehead atoms. The van der Waals surface area contributed by atoms with Crippen LogP contribution in [0.15, 0.2) is 30.3 Å². The van der Waals surface area contributed by atoms with Crippen LogP contribution in [0.1, 0.15) is 25.1 Å². The Morgan fingerprint density at radius 2 is 1.93 bits per heavy atom. The molecule has 1 N–H and O–H groups in total. The van der Waals surface area contributed by atoms with Gasteiger partial charge in [-0.05, 0) is 43.2 Å². The van der Waals surface area contributed by atoms with E-state index in [1.165, 1.54) is 6.08 Å². The second-order valence-corrected chi connectivity index (χ2v) is 7.16. The van der Waals surface area contributed by atoms with Crippen LogP contribution in [0, 0.1) is 12.8 Å². The van der Waals surface area contributed by atoms with Crippen molar-refractivity contribution < 1.29 is 14.3 Å². The summed E-state index contributed by atoms with van der Waals surface area (Å²) < 4.78 is 6.64. The van der Waals surface area contributed by atoms with Crippen molar-refractivity contribution in [2.45, 2.75) is 27.3 Å². The Morgan fingerprint density at radius 1 is 1.26 bits per heavy atom. The topological polar surface area (TPSA) is 73.2 Å². The fraction of sp³-hybridized carbons (Fsp3) is 0.316. The molecule has 2 rings (SSSR count). The van der Waals surface area contributed by atoms with Gasteiger partial charge in [0.05, 0.1) is 5.69 Å². The lowest BCUT2D eigenvalue weighted by Gasteiger charge is -2.06. The lowest BCUT2D eigenvalue weighted by molar-refractivity contribution is -0.142. The Hall–Kier alpha value is -2.31. The minimum Gasteiger partial charge on any atom is -0.452 e. The second kappa shape index (κ2) is 9.58. The third-order valence-electron chi connectivity index (χ3n) is 3.51. The number of nitrogens with one attached hydrogen (secondary N) is 1. The number of hydrogen-bond acceptors (Lipinski definition) is 4. The number of aromatic nitrogens is 2. The molecule has 0 atom stereocenters. The van der Waals surface area contributed by atoms with E-state index in [2.05, 4.69) is 24.3 Å². The van der Waals surface area contributed by atoms with E-state index in [1.54, 1.807) is 35.0 Å². The number of anilines is 1. The SMILES string of the molecule is Cc1nn(CC(C)C)c(Cl)c1/C=C/C(=O)OCC(=O)Nc1ccc(Cl)cc1. The third kappa shape index (κ3) is 6.41. The predicted octanol–water partition coefficient (Wildman–Crippen LogP) is 4.35. The summed E-state index contributed by atoms with van der Waals surface area (Å²) in [5.41, 5.74) is 1.93. The first kappa shape index (κ1) is 21.0. The first-order valence-electron chi connectivity index (χ1n) is 8.39. The van der Waals surface area contributed by atoms with Gasteiger partial charge in [-0.1, -0.05) is 37.0 Å². The van der Waals surface area contributed by atoms with Crippen molar-refractivity contribution in [1.82, 2.24) is 9.78 Å². The monoisotopic (exact) mass is 409 g/mol. The predicted molar refractivity (Wildman–Crippen MR) is 107 cm³/mol. The first-order valence-corrected chi connectivity index (χ1v) is 9.15. The highest BCUT2D eigenvalue weighted by Gasteiger charge is 2.13. The normalized spacial score (nSPS) is 11.2. The van der Waals surface area contributed by atoms with Gasteiger partial charge in [0, 0.05) is 28.9 Å². The van der Waals surface area contributed by atoms with Crippen LogP contribution in [0.3, 0.4) is 0 Å². The Kier molecular flexibility index (Phi) is 7.45. The Bertz CT molecular complexity index is 843. The highest BCUT2D eigenvalue weighted by molar-refractivity contribution is 6.31. The van der Waals surface area contributed by atoms with Crippen LogP contribution in [0.4, 0.5) is 5.69 Å². The van der Waals surface area contributed by atoms with E-state index in [0.29, 0.717) is 39.6 Å². The molecule has 1 aromatic heterocycles. The molecule has 0 fully saturated rings. The molecule has 8 heteroatoms. The van der Waals surface area contributed by atoms with E-state index in [1.807, 2.05) is 6.92 Å². The number of carbonyl (C=O) groups is 2. The minimum atomic E-state index is -0.645. The largest absolute Gasteiger partial charge is 0.452 e. The summed E-state index contributed by atoms with van der Waals surface area (Å²) in [6, 6.07) is 6.61. The Labute approximate surface area is 168 Å². The summed E-state index contributed by atoms with van der Waals surface area (Å²) in [7, 11) is 0. The number of nitrogens with zero attached hydrogens (tertiary/aromatic N) is 2. The molecule has 0 unspecified atom stereocenters. The molecule has 144 valence electrons. The van der Waals surface area contributed by atoms with Gasteiger partial charge in [-0.2, -0.15) is 5.10 Å². The molecule has 0 radical (unpaired) electrons. The molecule has 1 amide bonds. The molecule has 0 aliphatic heterocycles. The van der Waals surface area contributed by atoms with Gasteiger partial charge < -0.3 is 10.1 Å². The average molecular weight is 410 g/mol. The molecule has 2 aromatic rings. The van der Waals surface area contributed by atoms with Gasteiger partial charge in [-0.15, -0.1) is 0 Å². The zero-order valence-corrected chi connectivity index (χ0v) is 16.8. The number of hydrogen-bond donors (Lipinski definition) is 1. The van der Waals surface area contributed by atoms with E-state index < -0.39 is 18.5 Å². The summed E-state index contributed by atoms with van der Waals surface area (Å²) >= 11 is 12.1. The number of ether oxygens (including phenoxy) is 1. The molecular weight excluding hydrogens is 389 g/mol. The van der Waals surface area contributed by atoms with Gasteiger partial charge in [-0.25, -0.2) is 4.79 Å². The summed E-state index contributed by atoms with van der Waals surface area (Å²) in [5, 5.41) is 8.00. The number of aryl methyl sites for hydroxylation is 1. The molecule has 0 aliphatic carbocycles. The lowest BCUT2D eigenvalue weighted by Crippen LogP contribution is -2.20. The van der Waals surface area contributed by atoms with Gasteiger partial charge in [0.1, 0.15) is 5.15 Å². The Morgan fingerprint density at radius 3 is 2.56 bits per heavy atom. The van der Waals surface area contributed by atoms with E-state index in [0.717, 1.165) is 0 Å². The van der Waals surface area contributed by atoms with Gasteiger partial charge in [-0.3, -0.25) is 9.48 Å². The van der Waals surface area contributed by atoms with Gasteiger partial charge in [0.25, 0.3) is 5.91 Å². The third-order valence-corrected chi connectivity index (χ3v) is 4.16. The summed E-state index contributed by atoms with van der Waals surface area (Å²) in [6.45, 7) is 6.23. The highest BCUT2D eigenvalue weighted by atomic mass is 35.5. The molecule has 27 heavy (non-hydrogen) atoms. The maximum atomic E-state index is 11.8. The van der Waals surface area contributed by atoms with Crippen molar-refractivity contribution >= 4 is 46.8 Å². The molecule has 0 spiro atoms. The molecule has 0 saturated heterocycles. The number of halogens is 2. The zero-order valence-electron chi connectivity index (χ0n) is 15.3. The summed E-state index contributed by atoms with van der Waals surface area (Å²) in [4.78, 5) is 23.7. The molecule has 0 saturated carbocycles. The molecular formula is C19H21Cl2N3O3. The zero-order chi connectivity index (χ0) is 20.0. The van der Waals surface area contributed by atoms with Gasteiger partial charge >= 0.3 is 5.97 Å². The Balaban J connectivity index is 1.89. The van der Waals surface area contributed by atoms with Crippen LogP contribution < -0.4 is 5.32 Å². The van der Waals surface area contributed by atoms with Crippen LogP contribution in [-0.2, 0) is 20.9 Å². The van der Waals surface area contributed by atoms with E-state index >= 15 is 0 Å². The van der Waals surface area contributed by atoms with Crippen molar-refractivity contribution in [2.24, 2.45) is 5.92 Å². The van der Waals surface area contributed by atoms with Crippen molar-refractivity contribution in [3.8, 4) is 0 Å². The average Bonchev–Trinajstić information content (AvgIpc) is 2.86. The van der Waals surface area contributed by atoms with Gasteiger partial charge in [0.2, 0.25) is 0 Å². The minimum absolute atomic E-state index is 0.391. The van der Waals surface area contributed by atoms with Crippen LogP contribution in [0.25, 0.3) is 6.08 Å². The van der Waals surface area contributed by atoms with Crippen molar-refractivity contribution in [2.75, 3.05) is 11.9 Å². The molecule has 1 aromatic carbocycles. The summed E-state index contributed by atoms with van der Waals surface area (Å²) in [5.74, 6) is -0.700. The van der Waals surface area contributed by atoms with Crippen LogP contribution in [0.5, 0.6) is 0 Å². The lowest BCUT2D eigenvalue weighted by atomic mass is 10.2. The number of benzene rings is 1. The fourth-order valence-corrected chi connectivity index (χ4v) is 2.72. The van der Waals surface area contributed by atoms with Crippen molar-refractivity contribution in [1.29, 1.82) is 0 Å². The van der Waals surface area contributed by atoms with Crippen LogP contribution in [-0.4, -0.2) is 28.3 Å². The van der Waals surface area contributed by atoms with Crippen LogP contribution >= 0.6 is 23.2 Å². The highest BCUT2D eigenvalue weighted by Crippen LogP contribution is 2.22. The number of rotatable bonds is 7. The maximum Gasteiger partial charge on any atom is 0.331 e. The molecule has 0 aliphatic rings. The maximum absolute atomic E-state index is 11.8. The molecule has 1 heterocycles. The van der Waals surface area contributed by atoms with Crippen molar-refractivity contribution in [3.05, 3.63) is 51.8 Å². The quantitative estimate of drug-likeness (QED) is 0.544. The second-order valence-electron chi connectivity index (χ2n) is 6.36.